The Bertz CT molecular complexity index is 549. The second-order valence-corrected chi connectivity index (χ2v) is 6.77. The molecule has 21 heavy (non-hydrogen) atoms. The maximum absolute atomic E-state index is 11.8. The molecular weight excluding hydrogens is 385 g/mol. The minimum absolute atomic E-state index is 0.184. The van der Waals surface area contributed by atoms with Crippen molar-refractivity contribution in [1.82, 2.24) is 0 Å². The van der Waals surface area contributed by atoms with Crippen molar-refractivity contribution in [2.24, 2.45) is 0 Å². The van der Waals surface area contributed by atoms with E-state index in [0.29, 0.717) is 5.69 Å². The Hall–Kier alpha value is -1.31. The van der Waals surface area contributed by atoms with Gasteiger partial charge in [-0.15, -0.1) is 0 Å². The molecule has 0 radical (unpaired) electrons. The predicted octanol–water partition coefficient (Wildman–Crippen LogP) is 4.01. The van der Waals surface area contributed by atoms with Gasteiger partial charge in [-0.25, -0.2) is 4.79 Å². The Morgan fingerprint density at radius 1 is 1.29 bits per heavy atom. The monoisotopic (exact) mass is 405 g/mol. The zero-order valence-electron chi connectivity index (χ0n) is 12.9. The zero-order chi connectivity index (χ0) is 16.2. The van der Waals surface area contributed by atoms with Crippen LogP contribution in [0.2, 0.25) is 0 Å². The fraction of sp³-hybridized carbons (Fsp3) is 0.467. The molecule has 0 unspecified atom stereocenters. The molecule has 1 N–H and O–H groups in total. The summed E-state index contributed by atoms with van der Waals surface area (Å²) in [5.41, 5.74) is 1.82. The van der Waals surface area contributed by atoms with Gasteiger partial charge in [0, 0.05) is 21.7 Å². The van der Waals surface area contributed by atoms with Crippen LogP contribution < -0.4 is 5.32 Å². The number of anilines is 1. The van der Waals surface area contributed by atoms with Gasteiger partial charge in [0.1, 0.15) is 12.2 Å². The Morgan fingerprint density at radius 3 is 2.43 bits per heavy atom. The molecule has 1 amide bonds. The minimum atomic E-state index is -0.554. The van der Waals surface area contributed by atoms with Crippen LogP contribution in [0.25, 0.3) is 0 Å². The van der Waals surface area contributed by atoms with Crippen molar-refractivity contribution >= 4 is 40.3 Å². The van der Waals surface area contributed by atoms with E-state index in [1.807, 2.05) is 13.0 Å². The maximum Gasteiger partial charge on any atom is 0.412 e. The molecule has 0 fully saturated rings. The van der Waals surface area contributed by atoms with Gasteiger partial charge in [0.25, 0.3) is 0 Å². The smallest absolute Gasteiger partial charge is 0.412 e. The highest BCUT2D eigenvalue weighted by Gasteiger charge is 2.18. The number of hydrogen-bond donors (Lipinski definition) is 1. The highest BCUT2D eigenvalue weighted by atomic mass is 127. The van der Waals surface area contributed by atoms with Crippen molar-refractivity contribution in [2.75, 3.05) is 5.32 Å². The van der Waals surface area contributed by atoms with E-state index in [1.165, 1.54) is 6.92 Å². The van der Waals surface area contributed by atoms with Crippen LogP contribution in [-0.4, -0.2) is 17.7 Å². The van der Waals surface area contributed by atoms with E-state index in [0.717, 1.165) is 14.7 Å². The van der Waals surface area contributed by atoms with Crippen LogP contribution in [0.4, 0.5) is 10.5 Å². The number of carbonyl (C=O) groups is 2. The van der Waals surface area contributed by atoms with Crippen LogP contribution in [0.5, 0.6) is 0 Å². The average molecular weight is 405 g/mol. The third-order valence-electron chi connectivity index (χ3n) is 2.60. The number of esters is 1. The molecule has 0 aromatic heterocycles. The van der Waals surface area contributed by atoms with Crippen LogP contribution >= 0.6 is 22.6 Å². The topological polar surface area (TPSA) is 64.6 Å². The average Bonchev–Trinajstić information content (AvgIpc) is 2.30. The third kappa shape index (κ3) is 5.91. The fourth-order valence-corrected chi connectivity index (χ4v) is 2.36. The molecule has 0 atom stereocenters. The van der Waals surface area contributed by atoms with E-state index in [4.69, 9.17) is 9.47 Å². The molecule has 0 saturated carbocycles. The summed E-state index contributed by atoms with van der Waals surface area (Å²) in [6, 6.07) is 3.66. The first-order valence-corrected chi connectivity index (χ1v) is 7.59. The summed E-state index contributed by atoms with van der Waals surface area (Å²) in [6.07, 6.45) is -0.509. The van der Waals surface area contributed by atoms with Crippen LogP contribution in [0.3, 0.4) is 0 Å². The number of rotatable bonds is 3. The van der Waals surface area contributed by atoms with Gasteiger partial charge in [0.05, 0.1) is 0 Å². The highest BCUT2D eigenvalue weighted by Crippen LogP contribution is 2.25. The van der Waals surface area contributed by atoms with E-state index in [1.54, 1.807) is 26.8 Å². The van der Waals surface area contributed by atoms with Crippen LogP contribution in [-0.2, 0) is 20.9 Å². The van der Waals surface area contributed by atoms with Gasteiger partial charge in [0.15, 0.2) is 0 Å². The van der Waals surface area contributed by atoms with Crippen molar-refractivity contribution < 1.29 is 19.1 Å². The zero-order valence-corrected chi connectivity index (χ0v) is 15.0. The predicted molar refractivity (Wildman–Crippen MR) is 89.2 cm³/mol. The van der Waals surface area contributed by atoms with Gasteiger partial charge in [-0.2, -0.15) is 0 Å². The quantitative estimate of drug-likeness (QED) is 0.610. The Labute approximate surface area is 138 Å². The lowest BCUT2D eigenvalue weighted by Gasteiger charge is -2.21. The van der Waals surface area contributed by atoms with Gasteiger partial charge in [-0.3, -0.25) is 10.1 Å². The van der Waals surface area contributed by atoms with Crippen molar-refractivity contribution in [1.29, 1.82) is 0 Å². The normalized spacial score (nSPS) is 11.0. The molecule has 0 spiro atoms. The molecule has 0 saturated heterocycles. The minimum Gasteiger partial charge on any atom is -0.461 e. The van der Waals surface area contributed by atoms with Gasteiger partial charge in [-0.1, -0.05) is 0 Å². The van der Waals surface area contributed by atoms with Crippen molar-refractivity contribution in [3.8, 4) is 0 Å². The lowest BCUT2D eigenvalue weighted by molar-refractivity contribution is -0.142. The van der Waals surface area contributed by atoms with Crippen LogP contribution in [0, 0.1) is 10.5 Å². The first-order valence-electron chi connectivity index (χ1n) is 6.51. The molecule has 0 heterocycles. The summed E-state index contributed by atoms with van der Waals surface area (Å²) >= 11 is 2.17. The molecule has 116 valence electrons. The number of carbonyl (C=O) groups excluding carboxylic acids is 2. The Morgan fingerprint density at radius 2 is 1.90 bits per heavy atom. The van der Waals surface area contributed by atoms with E-state index >= 15 is 0 Å². The van der Waals surface area contributed by atoms with E-state index in [9.17, 15) is 9.59 Å². The summed E-state index contributed by atoms with van der Waals surface area (Å²) in [7, 11) is 0. The summed E-state index contributed by atoms with van der Waals surface area (Å²) in [4.78, 5) is 22.8. The number of ether oxygens (including phenoxy) is 2. The summed E-state index contributed by atoms with van der Waals surface area (Å²) in [5, 5.41) is 2.72. The van der Waals surface area contributed by atoms with Gasteiger partial charge in [0.2, 0.25) is 0 Å². The number of hydrogen-bond acceptors (Lipinski definition) is 4. The standard InChI is InChI=1S/C15H20INO4/c1-9-11(8-20-10(2)18)12(16)6-7-13(9)17-14(19)21-15(3,4)5/h6-7H,8H2,1-5H3,(H,17,19). The molecule has 0 aliphatic heterocycles. The van der Waals surface area contributed by atoms with Crippen LogP contribution in [0.15, 0.2) is 12.1 Å². The van der Waals surface area contributed by atoms with E-state index in [-0.39, 0.29) is 12.6 Å². The van der Waals surface area contributed by atoms with Gasteiger partial charge >= 0.3 is 12.1 Å². The lowest BCUT2D eigenvalue weighted by Crippen LogP contribution is -2.27. The molecule has 5 nitrogen and oxygen atoms in total. The highest BCUT2D eigenvalue weighted by molar-refractivity contribution is 14.1. The number of amides is 1. The number of nitrogens with one attached hydrogen (secondary N) is 1. The Balaban J connectivity index is 2.91. The lowest BCUT2D eigenvalue weighted by atomic mass is 10.1. The third-order valence-corrected chi connectivity index (χ3v) is 3.61. The molecule has 0 aliphatic rings. The molecule has 0 bridgehead atoms. The first-order chi connectivity index (χ1) is 9.60. The summed E-state index contributed by atoms with van der Waals surface area (Å²) in [6.45, 7) is 8.83. The van der Waals surface area contributed by atoms with Crippen molar-refractivity contribution in [2.45, 2.75) is 46.8 Å². The van der Waals surface area contributed by atoms with E-state index < -0.39 is 11.7 Å². The van der Waals surface area contributed by atoms with Gasteiger partial charge in [-0.05, 0) is 68.0 Å². The number of benzene rings is 1. The first kappa shape index (κ1) is 17.7. The molecule has 1 aromatic carbocycles. The fourth-order valence-electron chi connectivity index (χ4n) is 1.62. The molecule has 1 rings (SSSR count). The van der Waals surface area contributed by atoms with E-state index in [2.05, 4.69) is 27.9 Å². The molecule has 6 heteroatoms. The number of halogens is 1. The van der Waals surface area contributed by atoms with Gasteiger partial charge < -0.3 is 9.47 Å². The molecular formula is C15H20INO4. The second kappa shape index (κ2) is 7.11. The SMILES string of the molecule is CC(=O)OCc1c(I)ccc(NC(=O)OC(C)(C)C)c1C. The van der Waals surface area contributed by atoms with Crippen LogP contribution in [0.1, 0.15) is 38.8 Å². The summed E-state index contributed by atoms with van der Waals surface area (Å²) < 4.78 is 11.2. The van der Waals surface area contributed by atoms with Crippen molar-refractivity contribution in [3.05, 3.63) is 26.8 Å². The Kier molecular flexibility index (Phi) is 6.00. The van der Waals surface area contributed by atoms with Crippen molar-refractivity contribution in [3.63, 3.8) is 0 Å². The molecule has 0 aliphatic carbocycles. The second-order valence-electron chi connectivity index (χ2n) is 5.61. The maximum atomic E-state index is 11.8. The largest absolute Gasteiger partial charge is 0.461 e. The molecule has 1 aromatic rings. The summed E-state index contributed by atoms with van der Waals surface area (Å²) in [5.74, 6) is -0.337.